The Bertz CT molecular complexity index is 1110. The van der Waals surface area contributed by atoms with Crippen molar-refractivity contribution in [3.8, 4) is 11.5 Å². The maximum atomic E-state index is 12.6. The highest BCUT2D eigenvalue weighted by Crippen LogP contribution is 2.35. The Labute approximate surface area is 180 Å². The maximum absolute atomic E-state index is 12.6. The molecule has 0 N–H and O–H groups in total. The molecule has 1 aliphatic rings. The summed E-state index contributed by atoms with van der Waals surface area (Å²) >= 11 is 15.5. The lowest BCUT2D eigenvalue weighted by Crippen LogP contribution is -1.98. The molecule has 0 aliphatic carbocycles. The molecule has 0 amide bonds. The number of allylic oxidation sites excluding steroid dienone is 1. The topological polar surface area (TPSA) is 35.5 Å². The Morgan fingerprint density at radius 1 is 1.04 bits per heavy atom. The zero-order valence-electron chi connectivity index (χ0n) is 14.4. The number of ether oxygens (including phenoxy) is 2. The third kappa shape index (κ3) is 4.09. The molecule has 3 aromatic rings. The quantitative estimate of drug-likeness (QED) is 0.383. The lowest BCUT2D eigenvalue weighted by atomic mass is 10.1. The molecule has 0 radical (unpaired) electrons. The average Bonchev–Trinajstić information content (AvgIpc) is 2.96. The van der Waals surface area contributed by atoms with Gasteiger partial charge in [0.2, 0.25) is 5.78 Å². The van der Waals surface area contributed by atoms with Crippen molar-refractivity contribution in [1.29, 1.82) is 0 Å². The van der Waals surface area contributed by atoms with E-state index < -0.39 is 0 Å². The van der Waals surface area contributed by atoms with Gasteiger partial charge in [0, 0.05) is 26.1 Å². The van der Waals surface area contributed by atoms with E-state index in [1.54, 1.807) is 36.4 Å². The van der Waals surface area contributed by atoms with E-state index >= 15 is 0 Å². The van der Waals surface area contributed by atoms with Gasteiger partial charge in [-0.1, -0.05) is 57.3 Å². The van der Waals surface area contributed by atoms with Crippen LogP contribution in [0.15, 0.2) is 70.9 Å². The first-order valence-corrected chi connectivity index (χ1v) is 9.95. The monoisotopic (exact) mass is 474 g/mol. The number of carbonyl (C=O) groups excluding carboxylic acids is 1. The molecular weight excluding hydrogens is 463 g/mol. The van der Waals surface area contributed by atoms with E-state index in [-0.39, 0.29) is 18.1 Å². The van der Waals surface area contributed by atoms with Crippen LogP contribution in [0.2, 0.25) is 10.0 Å². The minimum Gasteiger partial charge on any atom is -0.489 e. The highest BCUT2D eigenvalue weighted by Gasteiger charge is 2.27. The first-order chi connectivity index (χ1) is 13.5. The first-order valence-electron chi connectivity index (χ1n) is 8.40. The number of halogens is 3. The second kappa shape index (κ2) is 8.00. The van der Waals surface area contributed by atoms with Crippen LogP contribution in [0.3, 0.4) is 0 Å². The SMILES string of the molecule is O=C1/C(=C/c2cccc(Br)c2)Oc2cc(OCc3ccc(Cl)cc3Cl)ccc21. The van der Waals surface area contributed by atoms with Gasteiger partial charge < -0.3 is 9.47 Å². The molecule has 1 heterocycles. The molecule has 0 unspecified atom stereocenters. The second-order valence-electron chi connectivity index (χ2n) is 6.18. The predicted molar refractivity (Wildman–Crippen MR) is 114 cm³/mol. The van der Waals surface area contributed by atoms with E-state index in [4.69, 9.17) is 32.7 Å². The normalized spacial score (nSPS) is 14.1. The third-order valence-corrected chi connectivity index (χ3v) is 5.28. The third-order valence-electron chi connectivity index (χ3n) is 4.20. The molecule has 6 heteroatoms. The predicted octanol–water partition coefficient (Wildman–Crippen LogP) is 6.95. The van der Waals surface area contributed by atoms with E-state index in [1.165, 1.54) is 0 Å². The van der Waals surface area contributed by atoms with Crippen molar-refractivity contribution in [3.63, 3.8) is 0 Å². The van der Waals surface area contributed by atoms with Gasteiger partial charge in [0.15, 0.2) is 5.76 Å². The Kier molecular flexibility index (Phi) is 5.44. The van der Waals surface area contributed by atoms with Crippen LogP contribution in [0.25, 0.3) is 6.08 Å². The summed E-state index contributed by atoms with van der Waals surface area (Å²) < 4.78 is 12.5. The highest BCUT2D eigenvalue weighted by molar-refractivity contribution is 9.10. The second-order valence-corrected chi connectivity index (χ2v) is 7.94. The smallest absolute Gasteiger partial charge is 0.231 e. The zero-order chi connectivity index (χ0) is 19.7. The summed E-state index contributed by atoms with van der Waals surface area (Å²) in [5.41, 5.74) is 2.20. The van der Waals surface area contributed by atoms with Gasteiger partial charge in [-0.05, 0) is 48.0 Å². The summed E-state index contributed by atoms with van der Waals surface area (Å²) in [5, 5.41) is 1.11. The van der Waals surface area contributed by atoms with E-state index in [2.05, 4.69) is 15.9 Å². The molecule has 0 bridgehead atoms. The van der Waals surface area contributed by atoms with Crippen LogP contribution in [0.5, 0.6) is 11.5 Å². The molecule has 140 valence electrons. The number of hydrogen-bond donors (Lipinski definition) is 0. The minimum atomic E-state index is -0.151. The lowest BCUT2D eigenvalue weighted by molar-refractivity contribution is 0.101. The number of rotatable bonds is 4. The summed E-state index contributed by atoms with van der Waals surface area (Å²) in [6, 6.07) is 18.0. The van der Waals surface area contributed by atoms with E-state index in [0.717, 1.165) is 15.6 Å². The van der Waals surface area contributed by atoms with Crippen molar-refractivity contribution in [3.05, 3.63) is 97.6 Å². The van der Waals surface area contributed by atoms with Crippen LogP contribution in [0.1, 0.15) is 21.5 Å². The Hall–Kier alpha value is -2.27. The minimum absolute atomic E-state index is 0.151. The fraction of sp³-hybridized carbons (Fsp3) is 0.0455. The van der Waals surface area contributed by atoms with Gasteiger partial charge in [-0.25, -0.2) is 0 Å². The van der Waals surface area contributed by atoms with Crippen molar-refractivity contribution in [2.75, 3.05) is 0 Å². The van der Waals surface area contributed by atoms with Gasteiger partial charge in [-0.15, -0.1) is 0 Å². The van der Waals surface area contributed by atoms with Crippen LogP contribution in [-0.4, -0.2) is 5.78 Å². The summed E-state index contributed by atoms with van der Waals surface area (Å²) in [7, 11) is 0. The number of benzene rings is 3. The molecular formula is C22H13BrCl2O3. The number of ketones is 1. The molecule has 0 atom stereocenters. The number of carbonyl (C=O) groups is 1. The first kappa shape index (κ1) is 19.1. The van der Waals surface area contributed by atoms with Crippen molar-refractivity contribution in [1.82, 2.24) is 0 Å². The van der Waals surface area contributed by atoms with Crippen molar-refractivity contribution in [2.24, 2.45) is 0 Å². The van der Waals surface area contributed by atoms with Gasteiger partial charge in [0.25, 0.3) is 0 Å². The summed E-state index contributed by atoms with van der Waals surface area (Å²) in [4.78, 5) is 12.6. The Balaban J connectivity index is 1.52. The van der Waals surface area contributed by atoms with Crippen molar-refractivity contribution >= 4 is 51.0 Å². The van der Waals surface area contributed by atoms with Crippen molar-refractivity contribution in [2.45, 2.75) is 6.61 Å². The molecule has 28 heavy (non-hydrogen) atoms. The molecule has 0 spiro atoms. The van der Waals surface area contributed by atoms with Crippen LogP contribution >= 0.6 is 39.1 Å². The fourth-order valence-electron chi connectivity index (χ4n) is 2.80. The number of hydrogen-bond acceptors (Lipinski definition) is 3. The number of fused-ring (bicyclic) bond motifs is 1. The Morgan fingerprint density at radius 2 is 1.89 bits per heavy atom. The van der Waals surface area contributed by atoms with Gasteiger partial charge in [0.05, 0.1) is 5.56 Å². The lowest BCUT2D eigenvalue weighted by Gasteiger charge is -2.09. The van der Waals surface area contributed by atoms with Crippen LogP contribution < -0.4 is 9.47 Å². The molecule has 3 nitrogen and oxygen atoms in total. The summed E-state index contributed by atoms with van der Waals surface area (Å²) in [6.07, 6.45) is 1.72. The van der Waals surface area contributed by atoms with E-state index in [1.807, 2.05) is 30.3 Å². The molecule has 1 aliphatic heterocycles. The van der Waals surface area contributed by atoms with Gasteiger partial charge >= 0.3 is 0 Å². The molecule has 0 fully saturated rings. The molecule has 0 aromatic heterocycles. The van der Waals surface area contributed by atoms with Gasteiger partial charge in [-0.2, -0.15) is 0 Å². The highest BCUT2D eigenvalue weighted by atomic mass is 79.9. The molecule has 0 saturated carbocycles. The molecule has 0 saturated heterocycles. The summed E-state index contributed by atoms with van der Waals surface area (Å²) in [5.74, 6) is 1.19. The van der Waals surface area contributed by atoms with Gasteiger partial charge in [-0.3, -0.25) is 4.79 Å². The molecule has 3 aromatic carbocycles. The average molecular weight is 476 g/mol. The van der Waals surface area contributed by atoms with Crippen molar-refractivity contribution < 1.29 is 14.3 Å². The fourth-order valence-corrected chi connectivity index (χ4v) is 3.68. The summed E-state index contributed by atoms with van der Waals surface area (Å²) in [6.45, 7) is 0.281. The van der Waals surface area contributed by atoms with Crippen LogP contribution in [0, 0.1) is 0 Å². The van der Waals surface area contributed by atoms with Crippen LogP contribution in [0.4, 0.5) is 0 Å². The van der Waals surface area contributed by atoms with Crippen LogP contribution in [-0.2, 0) is 6.61 Å². The van der Waals surface area contributed by atoms with E-state index in [9.17, 15) is 4.79 Å². The Morgan fingerprint density at radius 3 is 2.68 bits per heavy atom. The molecule has 4 rings (SSSR count). The number of Topliss-reactive ketones (excluding diaryl/α,β-unsaturated/α-hetero) is 1. The maximum Gasteiger partial charge on any atom is 0.231 e. The van der Waals surface area contributed by atoms with Gasteiger partial charge in [0.1, 0.15) is 18.1 Å². The van der Waals surface area contributed by atoms with E-state index in [0.29, 0.717) is 27.1 Å². The largest absolute Gasteiger partial charge is 0.489 e. The standard InChI is InChI=1S/C22H13BrCl2O3/c23-15-3-1-2-13(8-15)9-21-22(26)18-7-6-17(11-20(18)28-21)27-12-14-4-5-16(24)10-19(14)25/h1-11H,12H2/b21-9-. The zero-order valence-corrected chi connectivity index (χ0v) is 17.5.